The molecular weight excluding hydrogens is 370 g/mol. The van der Waals surface area contributed by atoms with E-state index in [0.29, 0.717) is 0 Å². The van der Waals surface area contributed by atoms with Crippen LogP contribution >= 0.6 is 0 Å². The number of aliphatic imine (C=N–C) groups is 1. The topological polar surface area (TPSA) is 80.2 Å². The number of ether oxygens (including phenoxy) is 1. The van der Waals surface area contributed by atoms with E-state index in [4.69, 9.17) is 9.57 Å². The number of fused-ring (bicyclic) bond motifs is 1. The fourth-order valence-corrected chi connectivity index (χ4v) is 3.08. The van der Waals surface area contributed by atoms with E-state index < -0.39 is 29.2 Å². The zero-order chi connectivity index (χ0) is 21.8. The maximum absolute atomic E-state index is 12.5. The van der Waals surface area contributed by atoms with Gasteiger partial charge in [0.05, 0.1) is 6.04 Å². The summed E-state index contributed by atoms with van der Waals surface area (Å²) in [5.74, 6) is 0. The molecule has 0 bridgehead atoms. The number of rotatable bonds is 4. The predicted molar refractivity (Wildman–Crippen MR) is 113 cm³/mol. The Balaban J connectivity index is 2.55. The molecule has 7 nitrogen and oxygen atoms in total. The zero-order valence-electron chi connectivity index (χ0n) is 17.9. The molecule has 2 aromatic rings. The third-order valence-corrected chi connectivity index (χ3v) is 4.08. The van der Waals surface area contributed by atoms with Crippen molar-refractivity contribution < 1.29 is 19.2 Å². The molecule has 0 heterocycles. The number of hydroxylamine groups is 1. The maximum atomic E-state index is 12.5. The Hall–Kier alpha value is -2.93. The zero-order valence-corrected chi connectivity index (χ0v) is 17.9. The number of hydrogen-bond acceptors (Lipinski definition) is 5. The quantitative estimate of drug-likeness (QED) is 0.548. The van der Waals surface area contributed by atoms with Crippen molar-refractivity contribution in [2.24, 2.45) is 10.4 Å². The van der Waals surface area contributed by atoms with Crippen LogP contribution in [0.25, 0.3) is 10.8 Å². The number of nitrogens with zero attached hydrogens (tertiary/aromatic N) is 2. The minimum Gasteiger partial charge on any atom is -0.443 e. The molecule has 29 heavy (non-hydrogen) atoms. The first-order valence-electron chi connectivity index (χ1n) is 9.37. The molecule has 1 atom stereocenters. The van der Waals surface area contributed by atoms with E-state index >= 15 is 0 Å². The summed E-state index contributed by atoms with van der Waals surface area (Å²) in [4.78, 5) is 33.0. The summed E-state index contributed by atoms with van der Waals surface area (Å²) in [7, 11) is 0. The smallest absolute Gasteiger partial charge is 0.443 e. The van der Waals surface area contributed by atoms with E-state index in [-0.39, 0.29) is 0 Å². The van der Waals surface area contributed by atoms with Crippen LogP contribution in [0, 0.1) is 5.41 Å². The lowest BCUT2D eigenvalue weighted by Gasteiger charge is -2.38. The Bertz CT molecular complexity index is 892. The molecule has 0 saturated heterocycles. The molecule has 0 aromatic heterocycles. The SMILES string of the molecule is C=NC(=O)ON(NC(=O)OC(C)(C)C)C(c1cccc2ccccc12)C(C)(C)C. The van der Waals surface area contributed by atoms with Crippen LogP contribution < -0.4 is 5.43 Å². The van der Waals surface area contributed by atoms with E-state index in [1.807, 2.05) is 63.2 Å². The van der Waals surface area contributed by atoms with Crippen molar-refractivity contribution in [2.45, 2.75) is 53.2 Å². The van der Waals surface area contributed by atoms with E-state index in [2.05, 4.69) is 17.1 Å². The highest BCUT2D eigenvalue weighted by Crippen LogP contribution is 2.40. The Labute approximate surface area is 171 Å². The monoisotopic (exact) mass is 399 g/mol. The van der Waals surface area contributed by atoms with Gasteiger partial charge in [0.1, 0.15) is 5.60 Å². The molecule has 0 aliphatic heterocycles. The lowest BCUT2D eigenvalue weighted by molar-refractivity contribution is -0.187. The molecule has 0 saturated carbocycles. The van der Waals surface area contributed by atoms with Gasteiger partial charge in [0.2, 0.25) is 0 Å². The molecule has 0 aliphatic carbocycles. The largest absolute Gasteiger partial charge is 0.453 e. The van der Waals surface area contributed by atoms with Crippen molar-refractivity contribution in [3.05, 3.63) is 48.0 Å². The van der Waals surface area contributed by atoms with Gasteiger partial charge < -0.3 is 9.57 Å². The standard InChI is InChI=1S/C22H29N3O4/c1-21(2,3)18(17-14-10-12-15-11-8-9-13-16(15)17)25(29-19(26)23-7)24-20(27)28-22(4,5)6/h8-14,18H,7H2,1-6H3,(H,24,27). The average Bonchev–Trinajstić information content (AvgIpc) is 2.59. The number of hydrogen-bond donors (Lipinski definition) is 1. The van der Waals surface area contributed by atoms with E-state index in [1.54, 1.807) is 20.8 Å². The summed E-state index contributed by atoms with van der Waals surface area (Å²) in [5, 5.41) is 3.12. The molecule has 0 spiro atoms. The van der Waals surface area contributed by atoms with Crippen molar-refractivity contribution in [2.75, 3.05) is 0 Å². The second-order valence-corrected chi connectivity index (χ2v) is 8.79. The third kappa shape index (κ3) is 6.02. The summed E-state index contributed by atoms with van der Waals surface area (Å²) in [5.41, 5.74) is 2.27. The van der Waals surface area contributed by atoms with Crippen LogP contribution in [0.1, 0.15) is 53.1 Å². The molecule has 1 N–H and O–H groups in total. The van der Waals surface area contributed by atoms with Crippen molar-refractivity contribution in [3.8, 4) is 0 Å². The molecule has 0 radical (unpaired) electrons. The fraction of sp³-hybridized carbons (Fsp3) is 0.409. The van der Waals surface area contributed by atoms with Crippen LogP contribution in [0.5, 0.6) is 0 Å². The molecule has 2 aromatic carbocycles. The predicted octanol–water partition coefficient (Wildman–Crippen LogP) is 5.42. The minimum atomic E-state index is -0.935. The Morgan fingerprint density at radius 3 is 2.24 bits per heavy atom. The van der Waals surface area contributed by atoms with E-state index in [1.165, 1.54) is 0 Å². The Kier molecular flexibility index (Phi) is 6.64. The number of nitrogens with one attached hydrogen (secondary N) is 1. The second kappa shape index (κ2) is 8.61. The van der Waals surface area contributed by atoms with Crippen LogP contribution in [-0.4, -0.2) is 29.7 Å². The number of amides is 2. The number of hydrazine groups is 1. The molecule has 7 heteroatoms. The summed E-state index contributed by atoms with van der Waals surface area (Å²) in [6.45, 7) is 14.4. The van der Waals surface area contributed by atoms with Gasteiger partial charge >= 0.3 is 12.2 Å². The Morgan fingerprint density at radius 1 is 1.03 bits per heavy atom. The Morgan fingerprint density at radius 2 is 1.66 bits per heavy atom. The van der Waals surface area contributed by atoms with Crippen LogP contribution in [0.2, 0.25) is 0 Å². The van der Waals surface area contributed by atoms with Gasteiger partial charge in [-0.1, -0.05) is 63.2 Å². The van der Waals surface area contributed by atoms with Crippen LogP contribution in [0.15, 0.2) is 47.5 Å². The van der Waals surface area contributed by atoms with Crippen molar-refractivity contribution >= 4 is 29.7 Å². The normalized spacial score (nSPS) is 13.1. The highest BCUT2D eigenvalue weighted by molar-refractivity contribution is 5.86. The number of benzene rings is 2. The van der Waals surface area contributed by atoms with E-state index in [0.717, 1.165) is 21.5 Å². The molecule has 0 fully saturated rings. The van der Waals surface area contributed by atoms with Crippen molar-refractivity contribution in [1.29, 1.82) is 0 Å². The first kappa shape index (κ1) is 22.4. The highest BCUT2D eigenvalue weighted by Gasteiger charge is 2.37. The van der Waals surface area contributed by atoms with Gasteiger partial charge in [-0.25, -0.2) is 15.0 Å². The van der Waals surface area contributed by atoms with E-state index in [9.17, 15) is 9.59 Å². The van der Waals surface area contributed by atoms with Crippen LogP contribution in [0.4, 0.5) is 9.59 Å². The van der Waals surface area contributed by atoms with Crippen LogP contribution in [0.3, 0.4) is 0 Å². The number of carbonyl (C=O) groups excluding carboxylic acids is 2. The van der Waals surface area contributed by atoms with Gasteiger partial charge in [0.15, 0.2) is 0 Å². The molecule has 0 aliphatic rings. The average molecular weight is 399 g/mol. The highest BCUT2D eigenvalue weighted by atomic mass is 16.8. The van der Waals surface area contributed by atoms with Crippen LogP contribution in [-0.2, 0) is 9.57 Å². The summed E-state index contributed by atoms with van der Waals surface area (Å²) >= 11 is 0. The summed E-state index contributed by atoms with van der Waals surface area (Å²) in [6, 6.07) is 13.2. The van der Waals surface area contributed by atoms with Gasteiger partial charge in [-0.15, -0.1) is 0 Å². The number of carbonyl (C=O) groups is 2. The third-order valence-electron chi connectivity index (χ3n) is 4.08. The second-order valence-electron chi connectivity index (χ2n) is 8.79. The fourth-order valence-electron chi connectivity index (χ4n) is 3.08. The molecular formula is C22H29N3O4. The van der Waals surface area contributed by atoms with Gasteiger partial charge in [0, 0.05) is 0 Å². The molecule has 2 rings (SSSR count). The summed E-state index contributed by atoms with van der Waals surface area (Å²) < 4.78 is 5.34. The van der Waals surface area contributed by atoms with Crippen molar-refractivity contribution in [3.63, 3.8) is 0 Å². The van der Waals surface area contributed by atoms with Gasteiger partial charge in [-0.3, -0.25) is 0 Å². The molecule has 1 unspecified atom stereocenters. The lowest BCUT2D eigenvalue weighted by atomic mass is 9.81. The molecule has 2 amide bonds. The maximum Gasteiger partial charge on any atom is 0.453 e. The summed E-state index contributed by atoms with van der Waals surface area (Å²) in [6.07, 6.45) is -1.68. The van der Waals surface area contributed by atoms with Gasteiger partial charge in [-0.2, -0.15) is 4.99 Å². The lowest BCUT2D eigenvalue weighted by Crippen LogP contribution is -2.50. The first-order chi connectivity index (χ1) is 13.4. The van der Waals surface area contributed by atoms with Crippen molar-refractivity contribution in [1.82, 2.24) is 10.6 Å². The van der Waals surface area contributed by atoms with Gasteiger partial charge in [-0.05, 0) is 54.4 Å². The van der Waals surface area contributed by atoms with Gasteiger partial charge in [0.25, 0.3) is 0 Å². The molecule has 156 valence electrons. The first-order valence-corrected chi connectivity index (χ1v) is 9.37. The minimum absolute atomic E-state index is 0.444.